The van der Waals surface area contributed by atoms with Crippen LogP contribution in [0.3, 0.4) is 0 Å². The smallest absolute Gasteiger partial charge is 0.257 e. The molecule has 3 heteroatoms. The van der Waals surface area contributed by atoms with Gasteiger partial charge in [-0.3, -0.25) is 9.59 Å². The van der Waals surface area contributed by atoms with Gasteiger partial charge in [-0.2, -0.15) is 0 Å². The molecule has 2 amide bonds. The standard InChI is InChI=1S/C11H9NO2/c13-10-7-8-11(14)12(10)9-5-3-1-2-4-6-9/h1-5,7-8H,6H2. The van der Waals surface area contributed by atoms with Crippen molar-refractivity contribution in [2.45, 2.75) is 6.42 Å². The fraction of sp³-hybridized carbons (Fsp3) is 0.0909. The van der Waals surface area contributed by atoms with E-state index in [0.29, 0.717) is 6.42 Å². The molecule has 2 rings (SSSR count). The Morgan fingerprint density at radius 2 is 1.71 bits per heavy atom. The summed E-state index contributed by atoms with van der Waals surface area (Å²) < 4.78 is 0. The van der Waals surface area contributed by atoms with E-state index in [1.807, 2.05) is 24.3 Å². The molecule has 0 atom stereocenters. The number of rotatable bonds is 1. The molecule has 0 aromatic rings. The van der Waals surface area contributed by atoms with E-state index in [-0.39, 0.29) is 11.8 Å². The summed E-state index contributed by atoms with van der Waals surface area (Å²) in [5.41, 5.74) is 0.718. The Morgan fingerprint density at radius 1 is 1.00 bits per heavy atom. The van der Waals surface area contributed by atoms with Gasteiger partial charge in [-0.05, 0) is 6.08 Å². The first kappa shape index (κ1) is 8.69. The Hall–Kier alpha value is -1.90. The van der Waals surface area contributed by atoms with Crippen LogP contribution in [-0.4, -0.2) is 16.7 Å². The van der Waals surface area contributed by atoms with Gasteiger partial charge in [-0.1, -0.05) is 24.3 Å². The predicted octanol–water partition coefficient (Wildman–Crippen LogP) is 1.31. The average Bonchev–Trinajstić information content (AvgIpc) is 2.45. The SMILES string of the molecule is O=C1C=CC(=O)N1C1=CC=CC=CC1. The van der Waals surface area contributed by atoms with Crippen molar-refractivity contribution in [2.24, 2.45) is 0 Å². The zero-order valence-corrected chi connectivity index (χ0v) is 7.51. The van der Waals surface area contributed by atoms with Crippen molar-refractivity contribution in [2.75, 3.05) is 0 Å². The number of carbonyl (C=O) groups excluding carboxylic acids is 2. The minimum atomic E-state index is -0.259. The van der Waals surface area contributed by atoms with Crippen LogP contribution in [0, 0.1) is 0 Å². The third-order valence-electron chi connectivity index (χ3n) is 2.07. The van der Waals surface area contributed by atoms with Gasteiger partial charge < -0.3 is 0 Å². The third kappa shape index (κ3) is 1.44. The molecular weight excluding hydrogens is 178 g/mol. The number of carbonyl (C=O) groups is 2. The van der Waals surface area contributed by atoms with Crippen LogP contribution in [-0.2, 0) is 9.59 Å². The van der Waals surface area contributed by atoms with Gasteiger partial charge >= 0.3 is 0 Å². The molecule has 0 aromatic carbocycles. The quantitative estimate of drug-likeness (QED) is 0.580. The van der Waals surface area contributed by atoms with Gasteiger partial charge in [0.15, 0.2) is 0 Å². The highest BCUT2D eigenvalue weighted by Gasteiger charge is 2.25. The summed E-state index contributed by atoms with van der Waals surface area (Å²) in [5, 5.41) is 0. The summed E-state index contributed by atoms with van der Waals surface area (Å²) in [6, 6.07) is 0. The summed E-state index contributed by atoms with van der Waals surface area (Å²) in [7, 11) is 0. The predicted molar refractivity (Wildman–Crippen MR) is 52.0 cm³/mol. The lowest BCUT2D eigenvalue weighted by Gasteiger charge is -2.15. The number of allylic oxidation sites excluding steroid dienone is 5. The minimum Gasteiger partial charge on any atom is -0.269 e. The van der Waals surface area contributed by atoms with Crippen molar-refractivity contribution in [3.63, 3.8) is 0 Å². The van der Waals surface area contributed by atoms with Crippen LogP contribution < -0.4 is 0 Å². The Kier molecular flexibility index (Phi) is 2.14. The molecule has 0 unspecified atom stereocenters. The molecule has 0 radical (unpaired) electrons. The second-order valence-electron chi connectivity index (χ2n) is 3.02. The fourth-order valence-electron chi connectivity index (χ4n) is 1.42. The number of hydrogen-bond donors (Lipinski definition) is 0. The van der Waals surface area contributed by atoms with E-state index < -0.39 is 0 Å². The molecule has 0 spiro atoms. The molecule has 0 saturated heterocycles. The van der Waals surface area contributed by atoms with E-state index in [9.17, 15) is 9.59 Å². The molecular formula is C11H9NO2. The van der Waals surface area contributed by atoms with Gasteiger partial charge in [0.2, 0.25) is 0 Å². The van der Waals surface area contributed by atoms with Crippen molar-refractivity contribution in [3.05, 3.63) is 48.2 Å². The van der Waals surface area contributed by atoms with Crippen molar-refractivity contribution in [1.82, 2.24) is 4.90 Å². The molecule has 0 fully saturated rings. The molecule has 2 aliphatic rings. The molecule has 3 nitrogen and oxygen atoms in total. The molecule has 1 aliphatic carbocycles. The van der Waals surface area contributed by atoms with Gasteiger partial charge in [-0.25, -0.2) is 4.90 Å². The van der Waals surface area contributed by atoms with Crippen LogP contribution in [0.25, 0.3) is 0 Å². The zero-order chi connectivity index (χ0) is 9.97. The topological polar surface area (TPSA) is 37.4 Å². The lowest BCUT2D eigenvalue weighted by atomic mass is 10.2. The number of hydrogen-bond acceptors (Lipinski definition) is 2. The molecule has 70 valence electrons. The molecule has 1 heterocycles. The Morgan fingerprint density at radius 3 is 2.43 bits per heavy atom. The van der Waals surface area contributed by atoms with Crippen molar-refractivity contribution < 1.29 is 9.59 Å². The summed E-state index contributed by atoms with van der Waals surface area (Å²) in [5.74, 6) is -0.519. The lowest BCUT2D eigenvalue weighted by Crippen LogP contribution is -2.28. The average molecular weight is 187 g/mol. The first-order valence-corrected chi connectivity index (χ1v) is 4.37. The Balaban J connectivity index is 2.27. The van der Waals surface area contributed by atoms with Crippen LogP contribution in [0.2, 0.25) is 0 Å². The summed E-state index contributed by atoms with van der Waals surface area (Å²) >= 11 is 0. The van der Waals surface area contributed by atoms with E-state index in [4.69, 9.17) is 0 Å². The van der Waals surface area contributed by atoms with Crippen LogP contribution in [0.1, 0.15) is 6.42 Å². The maximum absolute atomic E-state index is 11.3. The molecule has 0 N–H and O–H groups in total. The number of amides is 2. The van der Waals surface area contributed by atoms with E-state index in [0.717, 1.165) is 5.70 Å². The van der Waals surface area contributed by atoms with Gasteiger partial charge in [0.1, 0.15) is 0 Å². The van der Waals surface area contributed by atoms with E-state index in [1.165, 1.54) is 17.1 Å². The van der Waals surface area contributed by atoms with Crippen LogP contribution in [0.15, 0.2) is 48.2 Å². The molecule has 0 bridgehead atoms. The fourth-order valence-corrected chi connectivity index (χ4v) is 1.42. The second kappa shape index (κ2) is 3.46. The lowest BCUT2D eigenvalue weighted by molar-refractivity contribution is -0.134. The first-order valence-electron chi connectivity index (χ1n) is 4.37. The van der Waals surface area contributed by atoms with Crippen LogP contribution >= 0.6 is 0 Å². The van der Waals surface area contributed by atoms with E-state index >= 15 is 0 Å². The van der Waals surface area contributed by atoms with Crippen LogP contribution in [0.5, 0.6) is 0 Å². The zero-order valence-electron chi connectivity index (χ0n) is 7.51. The monoisotopic (exact) mass is 187 g/mol. The van der Waals surface area contributed by atoms with Gasteiger partial charge in [-0.15, -0.1) is 0 Å². The first-order chi connectivity index (χ1) is 6.79. The van der Waals surface area contributed by atoms with E-state index in [2.05, 4.69) is 0 Å². The third-order valence-corrected chi connectivity index (χ3v) is 2.07. The summed E-state index contributed by atoms with van der Waals surface area (Å²) in [4.78, 5) is 23.8. The summed E-state index contributed by atoms with van der Waals surface area (Å²) in [6.45, 7) is 0. The molecule has 14 heavy (non-hydrogen) atoms. The number of nitrogens with zero attached hydrogens (tertiary/aromatic N) is 1. The minimum absolute atomic E-state index is 0.259. The maximum atomic E-state index is 11.3. The van der Waals surface area contributed by atoms with Gasteiger partial charge in [0.25, 0.3) is 11.8 Å². The highest BCUT2D eigenvalue weighted by molar-refractivity contribution is 6.14. The van der Waals surface area contributed by atoms with Crippen molar-refractivity contribution in [1.29, 1.82) is 0 Å². The highest BCUT2D eigenvalue weighted by atomic mass is 16.2. The normalized spacial score (nSPS) is 20.3. The van der Waals surface area contributed by atoms with Crippen LogP contribution in [0.4, 0.5) is 0 Å². The Bertz CT molecular complexity index is 382. The summed E-state index contributed by atoms with van der Waals surface area (Å²) in [6.07, 6.45) is 12.5. The van der Waals surface area contributed by atoms with Gasteiger partial charge in [0.05, 0.1) is 0 Å². The van der Waals surface area contributed by atoms with Gasteiger partial charge in [0, 0.05) is 24.3 Å². The van der Waals surface area contributed by atoms with Crippen molar-refractivity contribution >= 4 is 11.8 Å². The Labute approximate surface area is 81.7 Å². The van der Waals surface area contributed by atoms with Crippen molar-refractivity contribution in [3.8, 4) is 0 Å². The molecule has 0 aromatic heterocycles. The largest absolute Gasteiger partial charge is 0.269 e. The van der Waals surface area contributed by atoms with E-state index in [1.54, 1.807) is 6.08 Å². The maximum Gasteiger partial charge on any atom is 0.257 e. The second-order valence-corrected chi connectivity index (χ2v) is 3.02. The highest BCUT2D eigenvalue weighted by Crippen LogP contribution is 2.17. The number of imide groups is 1. The molecule has 1 aliphatic heterocycles. The molecule has 0 saturated carbocycles.